The summed E-state index contributed by atoms with van der Waals surface area (Å²) >= 11 is 12.7. The molecule has 2 atom stereocenters. The van der Waals surface area contributed by atoms with Crippen molar-refractivity contribution in [3.05, 3.63) is 101 Å². The largest absolute Gasteiger partial charge is 0.491 e. The Balaban J connectivity index is 1.06. The zero-order valence-electron chi connectivity index (χ0n) is 22.2. The van der Waals surface area contributed by atoms with Crippen molar-refractivity contribution in [3.8, 4) is 5.75 Å². The zero-order chi connectivity index (χ0) is 27.5. The minimum Gasteiger partial charge on any atom is -0.491 e. The van der Waals surface area contributed by atoms with Crippen LogP contribution in [-0.4, -0.2) is 60.3 Å². The predicted octanol–water partition coefficient (Wildman–Crippen LogP) is 5.57. The van der Waals surface area contributed by atoms with Gasteiger partial charge in [0.1, 0.15) is 37.7 Å². The minimum absolute atomic E-state index is 0.288. The summed E-state index contributed by atoms with van der Waals surface area (Å²) in [4.78, 5) is 8.92. The highest BCUT2D eigenvalue weighted by Gasteiger charge is 2.45. The Bertz CT molecular complexity index is 1430. The molecule has 0 bridgehead atoms. The molecule has 2 fully saturated rings. The van der Waals surface area contributed by atoms with E-state index in [1.54, 1.807) is 23.1 Å². The molecule has 2 aliphatic heterocycles. The molecule has 2 aliphatic rings. The van der Waals surface area contributed by atoms with E-state index in [0.29, 0.717) is 28.8 Å². The molecule has 4 aromatic rings. The third-order valence-corrected chi connectivity index (χ3v) is 7.96. The van der Waals surface area contributed by atoms with Gasteiger partial charge in [-0.3, -0.25) is 0 Å². The molecule has 2 unspecified atom stereocenters. The number of ether oxygens (including phenoxy) is 3. The van der Waals surface area contributed by atoms with E-state index >= 15 is 0 Å². The van der Waals surface area contributed by atoms with E-state index in [2.05, 4.69) is 63.2 Å². The van der Waals surface area contributed by atoms with E-state index in [9.17, 15) is 0 Å². The van der Waals surface area contributed by atoms with E-state index in [1.165, 1.54) is 23.3 Å². The molecule has 3 heterocycles. The molecule has 2 saturated heterocycles. The van der Waals surface area contributed by atoms with Crippen LogP contribution >= 0.6 is 23.2 Å². The summed E-state index contributed by atoms with van der Waals surface area (Å²) in [5.74, 6) is -0.350. The fourth-order valence-corrected chi connectivity index (χ4v) is 5.90. The molecule has 10 heteroatoms. The van der Waals surface area contributed by atoms with Crippen molar-refractivity contribution in [1.29, 1.82) is 0 Å². The summed E-state index contributed by atoms with van der Waals surface area (Å²) in [7, 11) is 0. The normalized spacial score (nSPS) is 21.1. The summed E-state index contributed by atoms with van der Waals surface area (Å²) < 4.78 is 20.5. The number of hydrogen-bond donors (Lipinski definition) is 0. The van der Waals surface area contributed by atoms with Crippen LogP contribution in [0.25, 0.3) is 0 Å². The smallest absolute Gasteiger partial charge is 0.217 e. The van der Waals surface area contributed by atoms with Gasteiger partial charge in [0, 0.05) is 48.1 Å². The van der Waals surface area contributed by atoms with Gasteiger partial charge in [-0.25, -0.2) is 9.67 Å². The van der Waals surface area contributed by atoms with Crippen LogP contribution < -0.4 is 14.5 Å². The maximum atomic E-state index is 6.56. The Hall–Kier alpha value is -3.30. The van der Waals surface area contributed by atoms with Crippen molar-refractivity contribution >= 4 is 34.6 Å². The third-order valence-electron chi connectivity index (χ3n) is 7.41. The van der Waals surface area contributed by atoms with E-state index in [1.807, 2.05) is 18.2 Å². The fourth-order valence-electron chi connectivity index (χ4n) is 5.35. The number of hydrogen-bond acceptors (Lipinski definition) is 7. The number of anilines is 2. The van der Waals surface area contributed by atoms with Gasteiger partial charge in [-0.15, -0.1) is 0 Å². The van der Waals surface area contributed by atoms with Crippen LogP contribution in [0.4, 0.5) is 11.4 Å². The summed E-state index contributed by atoms with van der Waals surface area (Å²) in [6.45, 7) is 7.08. The molecule has 0 amide bonds. The molecule has 0 radical (unpaired) electrons. The zero-order valence-corrected chi connectivity index (χ0v) is 23.8. The van der Waals surface area contributed by atoms with Crippen LogP contribution in [0.5, 0.6) is 5.75 Å². The monoisotopic (exact) mass is 579 g/mol. The van der Waals surface area contributed by atoms with Gasteiger partial charge in [0.15, 0.2) is 0 Å². The van der Waals surface area contributed by atoms with Crippen LogP contribution in [0.2, 0.25) is 10.0 Å². The molecule has 0 saturated carbocycles. The summed E-state index contributed by atoms with van der Waals surface area (Å²) in [6.07, 6.45) is 2.79. The average molecular weight is 581 g/mol. The maximum absolute atomic E-state index is 6.56. The number of para-hydroxylation sites is 1. The van der Waals surface area contributed by atoms with Crippen LogP contribution in [0.15, 0.2) is 79.4 Å². The number of aromatic nitrogens is 3. The second kappa shape index (κ2) is 11.7. The molecule has 40 heavy (non-hydrogen) atoms. The molecule has 208 valence electrons. The number of piperazine rings is 1. The van der Waals surface area contributed by atoms with Gasteiger partial charge in [0.2, 0.25) is 5.79 Å². The number of nitrogens with zero attached hydrogens (tertiary/aromatic N) is 5. The van der Waals surface area contributed by atoms with Crippen LogP contribution in [-0.2, 0) is 21.8 Å². The average Bonchev–Trinajstić information content (AvgIpc) is 3.63. The van der Waals surface area contributed by atoms with Crippen molar-refractivity contribution in [2.45, 2.75) is 25.4 Å². The molecular formula is C30H31Cl2N5O3. The van der Waals surface area contributed by atoms with Gasteiger partial charge in [-0.1, -0.05) is 47.5 Å². The molecule has 6 rings (SSSR count). The Labute approximate surface area is 244 Å². The third kappa shape index (κ3) is 5.76. The van der Waals surface area contributed by atoms with E-state index in [4.69, 9.17) is 37.4 Å². The van der Waals surface area contributed by atoms with Crippen molar-refractivity contribution in [3.63, 3.8) is 0 Å². The van der Waals surface area contributed by atoms with E-state index in [0.717, 1.165) is 31.9 Å². The van der Waals surface area contributed by atoms with Crippen molar-refractivity contribution < 1.29 is 14.2 Å². The quantitative estimate of drug-likeness (QED) is 0.270. The Morgan fingerprint density at radius 1 is 0.975 bits per heavy atom. The maximum Gasteiger partial charge on any atom is 0.217 e. The van der Waals surface area contributed by atoms with E-state index in [-0.39, 0.29) is 12.6 Å². The van der Waals surface area contributed by atoms with Crippen molar-refractivity contribution in [2.24, 2.45) is 0 Å². The topological polar surface area (TPSA) is 64.9 Å². The standard InChI is InChI=1S/C30H31Cl2N5O3/c1-22-4-2-3-5-29(22)36-14-12-35(13-15-36)24-7-9-25(10-8-24)38-17-26-18-39-30(40-26,19-37-21-33-20-34-37)27-11-6-23(31)16-28(27)32/h2-11,16,20-21,26H,12-15,17-19H2,1H3. The lowest BCUT2D eigenvalue weighted by Gasteiger charge is -2.38. The molecule has 0 N–H and O–H groups in total. The summed E-state index contributed by atoms with van der Waals surface area (Å²) in [6, 6.07) is 22.1. The Kier molecular flexibility index (Phi) is 7.85. The molecule has 0 aliphatic carbocycles. The molecular weight excluding hydrogens is 549 g/mol. The van der Waals surface area contributed by atoms with Crippen LogP contribution in [0.1, 0.15) is 11.1 Å². The molecule has 3 aromatic carbocycles. The first-order chi connectivity index (χ1) is 19.5. The first kappa shape index (κ1) is 26.9. The van der Waals surface area contributed by atoms with Crippen molar-refractivity contribution in [1.82, 2.24) is 14.8 Å². The number of rotatable bonds is 8. The Morgan fingerprint density at radius 2 is 1.75 bits per heavy atom. The fraction of sp³-hybridized carbons (Fsp3) is 0.333. The number of benzene rings is 3. The van der Waals surface area contributed by atoms with Gasteiger partial charge in [-0.2, -0.15) is 5.10 Å². The summed E-state index contributed by atoms with van der Waals surface area (Å²) in [5, 5.41) is 5.23. The minimum atomic E-state index is -1.13. The van der Waals surface area contributed by atoms with E-state index < -0.39 is 5.79 Å². The molecule has 1 aromatic heterocycles. The van der Waals surface area contributed by atoms with Gasteiger partial charge in [-0.05, 0) is 55.0 Å². The van der Waals surface area contributed by atoms with Crippen LogP contribution in [0, 0.1) is 6.92 Å². The Morgan fingerprint density at radius 3 is 2.48 bits per heavy atom. The number of aryl methyl sites for hydroxylation is 1. The highest BCUT2D eigenvalue weighted by atomic mass is 35.5. The van der Waals surface area contributed by atoms with Gasteiger partial charge in [0.05, 0.1) is 11.6 Å². The van der Waals surface area contributed by atoms with Gasteiger partial charge in [0.25, 0.3) is 0 Å². The summed E-state index contributed by atoms with van der Waals surface area (Å²) in [5.41, 5.74) is 4.53. The lowest BCUT2D eigenvalue weighted by atomic mass is 10.1. The van der Waals surface area contributed by atoms with Crippen molar-refractivity contribution in [2.75, 3.05) is 49.2 Å². The van der Waals surface area contributed by atoms with Gasteiger partial charge < -0.3 is 24.0 Å². The predicted molar refractivity (Wildman–Crippen MR) is 157 cm³/mol. The molecule has 8 nitrogen and oxygen atoms in total. The first-order valence-electron chi connectivity index (χ1n) is 13.4. The van der Waals surface area contributed by atoms with Gasteiger partial charge >= 0.3 is 0 Å². The second-order valence-corrected chi connectivity index (χ2v) is 10.9. The highest BCUT2D eigenvalue weighted by molar-refractivity contribution is 6.35. The lowest BCUT2D eigenvalue weighted by molar-refractivity contribution is -0.190. The first-order valence-corrected chi connectivity index (χ1v) is 14.1. The second-order valence-electron chi connectivity index (χ2n) is 10.1. The lowest BCUT2D eigenvalue weighted by Crippen LogP contribution is -2.46. The van der Waals surface area contributed by atoms with Crippen LogP contribution in [0.3, 0.4) is 0 Å². The molecule has 0 spiro atoms. The number of halogens is 2. The highest BCUT2D eigenvalue weighted by Crippen LogP contribution is 2.40. The SMILES string of the molecule is Cc1ccccc1N1CCN(c2ccc(OCC3COC(Cn4cncn4)(c4ccc(Cl)cc4Cl)O3)cc2)CC1.